The third kappa shape index (κ3) is 4.32. The van der Waals surface area contributed by atoms with E-state index in [1.165, 1.54) is 25.9 Å². The molecule has 1 N–H and O–H groups in total. The van der Waals surface area contributed by atoms with Gasteiger partial charge < -0.3 is 10.2 Å². The van der Waals surface area contributed by atoms with E-state index in [1.807, 2.05) is 24.3 Å². The molecule has 1 aliphatic rings. The first-order chi connectivity index (χ1) is 9.16. The fourth-order valence-corrected chi connectivity index (χ4v) is 2.94. The van der Waals surface area contributed by atoms with Crippen LogP contribution in [0.3, 0.4) is 0 Å². The zero-order valence-electron chi connectivity index (χ0n) is 11.4. The SMILES string of the molecule is CC(CNC(=O)c1ccccc1Br)CN1CCCC1. The number of nitrogens with one attached hydrogen (secondary N) is 1. The second kappa shape index (κ2) is 7.06. The highest BCUT2D eigenvalue weighted by Crippen LogP contribution is 2.15. The molecule has 3 nitrogen and oxygen atoms in total. The fourth-order valence-electron chi connectivity index (χ4n) is 2.48. The van der Waals surface area contributed by atoms with Crippen molar-refractivity contribution in [2.24, 2.45) is 5.92 Å². The van der Waals surface area contributed by atoms with Gasteiger partial charge in [0, 0.05) is 17.6 Å². The molecule has 1 unspecified atom stereocenters. The molecule has 1 aromatic carbocycles. The number of carbonyl (C=O) groups is 1. The quantitative estimate of drug-likeness (QED) is 0.903. The minimum absolute atomic E-state index is 0.000692. The second-order valence-corrected chi connectivity index (χ2v) is 6.16. The second-order valence-electron chi connectivity index (χ2n) is 5.30. The molecular formula is C15H21BrN2O. The van der Waals surface area contributed by atoms with Gasteiger partial charge in [-0.05, 0) is 59.9 Å². The van der Waals surface area contributed by atoms with Crippen LogP contribution in [0.1, 0.15) is 30.1 Å². The molecule has 2 rings (SSSR count). The summed E-state index contributed by atoms with van der Waals surface area (Å²) in [5.74, 6) is 0.491. The number of carbonyl (C=O) groups excluding carboxylic acids is 1. The Balaban J connectivity index is 1.78. The zero-order chi connectivity index (χ0) is 13.7. The smallest absolute Gasteiger partial charge is 0.252 e. The Bertz CT molecular complexity index is 430. The number of rotatable bonds is 5. The third-order valence-corrected chi connectivity index (χ3v) is 4.19. The number of hydrogen-bond donors (Lipinski definition) is 1. The van der Waals surface area contributed by atoms with Crippen molar-refractivity contribution in [3.63, 3.8) is 0 Å². The van der Waals surface area contributed by atoms with Crippen molar-refractivity contribution in [1.82, 2.24) is 10.2 Å². The maximum Gasteiger partial charge on any atom is 0.252 e. The minimum Gasteiger partial charge on any atom is -0.352 e. The normalized spacial score (nSPS) is 17.4. The first-order valence-electron chi connectivity index (χ1n) is 6.92. The molecule has 0 saturated carbocycles. The highest BCUT2D eigenvalue weighted by molar-refractivity contribution is 9.10. The van der Waals surface area contributed by atoms with E-state index in [0.717, 1.165) is 17.6 Å². The van der Waals surface area contributed by atoms with Gasteiger partial charge >= 0.3 is 0 Å². The number of likely N-dealkylation sites (tertiary alicyclic amines) is 1. The summed E-state index contributed by atoms with van der Waals surface area (Å²) in [6.07, 6.45) is 2.63. The van der Waals surface area contributed by atoms with Gasteiger partial charge in [-0.15, -0.1) is 0 Å². The summed E-state index contributed by atoms with van der Waals surface area (Å²) in [4.78, 5) is 14.5. The molecule has 19 heavy (non-hydrogen) atoms. The van der Waals surface area contributed by atoms with Gasteiger partial charge in [0.1, 0.15) is 0 Å². The molecule has 0 radical (unpaired) electrons. The van der Waals surface area contributed by atoms with Crippen LogP contribution in [0.15, 0.2) is 28.7 Å². The van der Waals surface area contributed by atoms with Crippen LogP contribution >= 0.6 is 15.9 Å². The lowest BCUT2D eigenvalue weighted by Crippen LogP contribution is -2.34. The van der Waals surface area contributed by atoms with E-state index in [-0.39, 0.29) is 5.91 Å². The predicted octanol–water partition coefficient (Wildman–Crippen LogP) is 2.91. The molecule has 1 amide bonds. The van der Waals surface area contributed by atoms with Gasteiger partial charge in [0.2, 0.25) is 0 Å². The molecule has 4 heteroatoms. The average molecular weight is 325 g/mol. The van der Waals surface area contributed by atoms with Gasteiger partial charge in [-0.1, -0.05) is 19.1 Å². The van der Waals surface area contributed by atoms with Crippen molar-refractivity contribution in [3.05, 3.63) is 34.3 Å². The van der Waals surface area contributed by atoms with Crippen LogP contribution in [0.2, 0.25) is 0 Å². The summed E-state index contributed by atoms with van der Waals surface area (Å²) in [6, 6.07) is 7.53. The van der Waals surface area contributed by atoms with Gasteiger partial charge in [0.15, 0.2) is 0 Å². The molecule has 1 aliphatic heterocycles. The van der Waals surface area contributed by atoms with E-state index < -0.39 is 0 Å². The van der Waals surface area contributed by atoms with Crippen molar-refractivity contribution in [2.75, 3.05) is 26.2 Å². The van der Waals surface area contributed by atoms with Crippen LogP contribution in [0.5, 0.6) is 0 Å². The Morgan fingerprint density at radius 1 is 1.37 bits per heavy atom. The largest absolute Gasteiger partial charge is 0.352 e. The van der Waals surface area contributed by atoms with E-state index in [2.05, 4.69) is 33.1 Å². The molecule has 1 fully saturated rings. The van der Waals surface area contributed by atoms with Crippen molar-refractivity contribution < 1.29 is 4.79 Å². The summed E-state index contributed by atoms with van der Waals surface area (Å²) >= 11 is 3.41. The van der Waals surface area contributed by atoms with Gasteiger partial charge in [-0.3, -0.25) is 4.79 Å². The Morgan fingerprint density at radius 2 is 2.05 bits per heavy atom. The molecule has 0 spiro atoms. The lowest BCUT2D eigenvalue weighted by atomic mass is 10.1. The summed E-state index contributed by atoms with van der Waals surface area (Å²) in [7, 11) is 0. The lowest BCUT2D eigenvalue weighted by molar-refractivity contribution is 0.0944. The van der Waals surface area contributed by atoms with Crippen LogP contribution in [0, 0.1) is 5.92 Å². The van der Waals surface area contributed by atoms with E-state index in [0.29, 0.717) is 11.5 Å². The van der Waals surface area contributed by atoms with Crippen LogP contribution < -0.4 is 5.32 Å². The highest BCUT2D eigenvalue weighted by atomic mass is 79.9. The standard InChI is InChI=1S/C15H21BrN2O/c1-12(11-18-8-4-5-9-18)10-17-15(19)13-6-2-3-7-14(13)16/h2-3,6-7,12H,4-5,8-11H2,1H3,(H,17,19). The monoisotopic (exact) mass is 324 g/mol. The molecule has 0 aromatic heterocycles. The minimum atomic E-state index is 0.000692. The predicted molar refractivity (Wildman–Crippen MR) is 81.3 cm³/mol. The fraction of sp³-hybridized carbons (Fsp3) is 0.533. The molecule has 1 heterocycles. The lowest BCUT2D eigenvalue weighted by Gasteiger charge is -2.20. The maximum absolute atomic E-state index is 12.1. The van der Waals surface area contributed by atoms with Gasteiger partial charge in [-0.25, -0.2) is 0 Å². The van der Waals surface area contributed by atoms with Crippen molar-refractivity contribution in [1.29, 1.82) is 0 Å². The molecule has 104 valence electrons. The molecule has 1 atom stereocenters. The Hall–Kier alpha value is -0.870. The van der Waals surface area contributed by atoms with Crippen molar-refractivity contribution >= 4 is 21.8 Å². The molecule has 0 bridgehead atoms. The van der Waals surface area contributed by atoms with Gasteiger partial charge in [-0.2, -0.15) is 0 Å². The Labute approximate surface area is 123 Å². The average Bonchev–Trinajstić information content (AvgIpc) is 2.89. The molecule has 0 aliphatic carbocycles. The summed E-state index contributed by atoms with van der Waals surface area (Å²) in [6.45, 7) is 6.43. The van der Waals surface area contributed by atoms with Crippen molar-refractivity contribution in [2.45, 2.75) is 19.8 Å². The number of hydrogen-bond acceptors (Lipinski definition) is 2. The molecule has 1 aromatic rings. The summed E-state index contributed by atoms with van der Waals surface area (Å²) < 4.78 is 0.847. The van der Waals surface area contributed by atoms with Gasteiger partial charge in [0.25, 0.3) is 5.91 Å². The van der Waals surface area contributed by atoms with E-state index in [4.69, 9.17) is 0 Å². The summed E-state index contributed by atoms with van der Waals surface area (Å²) in [5.41, 5.74) is 0.705. The molecular weight excluding hydrogens is 304 g/mol. The van der Waals surface area contributed by atoms with Crippen LogP contribution in [-0.4, -0.2) is 37.0 Å². The summed E-state index contributed by atoms with van der Waals surface area (Å²) in [5, 5.41) is 3.02. The molecule has 1 saturated heterocycles. The third-order valence-electron chi connectivity index (χ3n) is 3.50. The number of amides is 1. The van der Waals surface area contributed by atoms with E-state index in [1.54, 1.807) is 0 Å². The number of nitrogens with zero attached hydrogens (tertiary/aromatic N) is 1. The first-order valence-corrected chi connectivity index (χ1v) is 7.71. The van der Waals surface area contributed by atoms with Crippen molar-refractivity contribution in [3.8, 4) is 0 Å². The maximum atomic E-state index is 12.1. The topological polar surface area (TPSA) is 32.3 Å². The highest BCUT2D eigenvalue weighted by Gasteiger charge is 2.15. The number of halogens is 1. The van der Waals surface area contributed by atoms with Crippen LogP contribution in [0.25, 0.3) is 0 Å². The number of benzene rings is 1. The van der Waals surface area contributed by atoms with E-state index >= 15 is 0 Å². The van der Waals surface area contributed by atoms with Crippen LogP contribution in [-0.2, 0) is 0 Å². The zero-order valence-corrected chi connectivity index (χ0v) is 12.9. The first kappa shape index (κ1) is 14.5. The van der Waals surface area contributed by atoms with Crippen LogP contribution in [0.4, 0.5) is 0 Å². The van der Waals surface area contributed by atoms with Gasteiger partial charge in [0.05, 0.1) is 5.56 Å². The van der Waals surface area contributed by atoms with E-state index in [9.17, 15) is 4.79 Å². The Morgan fingerprint density at radius 3 is 2.74 bits per heavy atom. The Kier molecular flexibility index (Phi) is 5.40.